The molecule has 2 aromatic rings. The van der Waals surface area contributed by atoms with Crippen molar-refractivity contribution >= 4 is 51.7 Å². The van der Waals surface area contributed by atoms with Crippen LogP contribution in [-0.4, -0.2) is 75.2 Å². The smallest absolute Gasteiger partial charge is 0.267 e. The van der Waals surface area contributed by atoms with E-state index >= 15 is 0 Å². The average Bonchev–Trinajstić information content (AvgIpc) is 3.40. The van der Waals surface area contributed by atoms with Crippen LogP contribution in [0.1, 0.15) is 24.0 Å². The number of ether oxygens (including phenoxy) is 2. The average molecular weight is 491 g/mol. The van der Waals surface area contributed by atoms with Crippen molar-refractivity contribution in [2.45, 2.75) is 25.9 Å². The monoisotopic (exact) mass is 490 g/mol. The molecule has 2 saturated heterocycles. The largest absolute Gasteiger partial charge is 0.394 e. The van der Waals surface area contributed by atoms with Crippen LogP contribution in [0.3, 0.4) is 0 Å². The number of rotatable bonds is 9. The third kappa shape index (κ3) is 5.44. The molecule has 1 amide bonds. The molecule has 2 fully saturated rings. The number of carbonyl (C=O) groups excluding carboxylic acids is 1. The van der Waals surface area contributed by atoms with E-state index in [0.29, 0.717) is 47.0 Å². The van der Waals surface area contributed by atoms with Gasteiger partial charge in [-0.1, -0.05) is 30.0 Å². The maximum atomic E-state index is 13.4. The van der Waals surface area contributed by atoms with Crippen LogP contribution >= 0.6 is 24.0 Å². The van der Waals surface area contributed by atoms with E-state index in [0.717, 1.165) is 18.4 Å². The number of aliphatic hydroxyl groups is 1. The molecule has 0 aromatic carbocycles. The molecule has 11 heteroatoms. The summed E-state index contributed by atoms with van der Waals surface area (Å²) in [5, 5.41) is 12.0. The zero-order valence-electron chi connectivity index (χ0n) is 18.3. The molecule has 4 rings (SSSR count). The highest BCUT2D eigenvalue weighted by Gasteiger charge is 2.35. The Morgan fingerprint density at radius 2 is 2.24 bits per heavy atom. The molecule has 2 aromatic heterocycles. The fraction of sp³-hybridized carbons (Fsp3) is 0.455. The van der Waals surface area contributed by atoms with Gasteiger partial charge in [0.25, 0.3) is 11.5 Å². The van der Waals surface area contributed by atoms with E-state index in [1.165, 1.54) is 16.2 Å². The Hall–Kier alpha value is -2.31. The number of aliphatic hydroxyl groups excluding tert-OH is 1. The van der Waals surface area contributed by atoms with Gasteiger partial charge in [0, 0.05) is 19.3 Å². The van der Waals surface area contributed by atoms with E-state index in [-0.39, 0.29) is 36.3 Å². The number of nitrogens with zero attached hydrogens (tertiary/aromatic N) is 3. The third-order valence-corrected chi connectivity index (χ3v) is 6.72. The highest BCUT2D eigenvalue weighted by Crippen LogP contribution is 2.34. The number of anilines is 1. The molecule has 2 aliphatic rings. The molecule has 2 N–H and O–H groups in total. The molecule has 33 heavy (non-hydrogen) atoms. The lowest BCUT2D eigenvalue weighted by molar-refractivity contribution is -0.123. The summed E-state index contributed by atoms with van der Waals surface area (Å²) in [5.74, 6) is 0.132. The minimum atomic E-state index is -0.285. The second kappa shape index (κ2) is 10.7. The van der Waals surface area contributed by atoms with E-state index in [9.17, 15) is 9.59 Å². The number of nitrogens with one attached hydrogen (secondary N) is 1. The van der Waals surface area contributed by atoms with Crippen molar-refractivity contribution in [3.05, 3.63) is 44.7 Å². The quantitative estimate of drug-likeness (QED) is 0.309. The summed E-state index contributed by atoms with van der Waals surface area (Å²) in [6.07, 6.45) is 5.15. The molecule has 1 atom stereocenters. The first-order chi connectivity index (χ1) is 16.0. The highest BCUT2D eigenvalue weighted by atomic mass is 32.2. The lowest BCUT2D eigenvalue weighted by Gasteiger charge is -2.18. The van der Waals surface area contributed by atoms with Crippen LogP contribution in [-0.2, 0) is 14.3 Å². The van der Waals surface area contributed by atoms with Gasteiger partial charge in [-0.05, 0) is 37.5 Å². The number of aryl methyl sites for hydroxylation is 1. The Morgan fingerprint density at radius 1 is 1.39 bits per heavy atom. The molecular weight excluding hydrogens is 464 g/mol. The third-order valence-electron chi connectivity index (χ3n) is 5.34. The zero-order chi connectivity index (χ0) is 23.4. The molecule has 0 saturated carbocycles. The summed E-state index contributed by atoms with van der Waals surface area (Å²) in [4.78, 5) is 33.0. The molecule has 9 nitrogen and oxygen atoms in total. The molecule has 0 bridgehead atoms. The van der Waals surface area contributed by atoms with Crippen molar-refractivity contribution in [1.29, 1.82) is 0 Å². The minimum Gasteiger partial charge on any atom is -0.394 e. The van der Waals surface area contributed by atoms with Crippen LogP contribution in [0.5, 0.6) is 0 Å². The number of carbonyl (C=O) groups is 1. The molecule has 176 valence electrons. The Bertz CT molecular complexity index is 1140. The van der Waals surface area contributed by atoms with Crippen molar-refractivity contribution in [3.8, 4) is 0 Å². The van der Waals surface area contributed by atoms with Crippen molar-refractivity contribution in [2.75, 3.05) is 44.8 Å². The van der Waals surface area contributed by atoms with Gasteiger partial charge < -0.3 is 19.9 Å². The number of amides is 1. The second-order valence-corrected chi connectivity index (χ2v) is 9.48. The van der Waals surface area contributed by atoms with Crippen LogP contribution in [0.4, 0.5) is 5.82 Å². The second-order valence-electron chi connectivity index (χ2n) is 7.80. The van der Waals surface area contributed by atoms with E-state index < -0.39 is 0 Å². The van der Waals surface area contributed by atoms with Crippen molar-refractivity contribution < 1.29 is 19.4 Å². The Kier molecular flexibility index (Phi) is 7.76. The van der Waals surface area contributed by atoms with Gasteiger partial charge in [0.2, 0.25) is 0 Å². The number of fused-ring (bicyclic) bond motifs is 1. The van der Waals surface area contributed by atoms with Gasteiger partial charge in [0.1, 0.15) is 15.8 Å². The predicted molar refractivity (Wildman–Crippen MR) is 131 cm³/mol. The van der Waals surface area contributed by atoms with Gasteiger partial charge in [-0.15, -0.1) is 0 Å². The van der Waals surface area contributed by atoms with E-state index in [4.69, 9.17) is 26.8 Å². The van der Waals surface area contributed by atoms with Gasteiger partial charge in [0.05, 0.1) is 42.9 Å². The van der Waals surface area contributed by atoms with E-state index in [2.05, 4.69) is 10.3 Å². The number of thioether (sulfide) groups is 1. The summed E-state index contributed by atoms with van der Waals surface area (Å²) in [6.45, 7) is 3.90. The van der Waals surface area contributed by atoms with Gasteiger partial charge in [-0.3, -0.25) is 18.9 Å². The molecule has 4 heterocycles. The minimum absolute atomic E-state index is 0.0149. The number of hydrogen-bond donors (Lipinski definition) is 2. The molecule has 0 radical (unpaired) electrons. The summed E-state index contributed by atoms with van der Waals surface area (Å²) in [6, 6.07) is 3.65. The number of pyridine rings is 1. The maximum absolute atomic E-state index is 13.4. The summed E-state index contributed by atoms with van der Waals surface area (Å²) >= 11 is 6.61. The normalized spacial score (nSPS) is 19.9. The molecular formula is C22H26N4O5S2. The van der Waals surface area contributed by atoms with E-state index in [1.807, 2.05) is 13.0 Å². The van der Waals surface area contributed by atoms with Crippen LogP contribution in [0.25, 0.3) is 11.7 Å². The number of thiocarbonyl (C=S) groups is 1. The van der Waals surface area contributed by atoms with Crippen molar-refractivity contribution in [2.24, 2.45) is 0 Å². The van der Waals surface area contributed by atoms with Crippen LogP contribution in [0.15, 0.2) is 28.0 Å². The lowest BCUT2D eigenvalue weighted by atomic mass is 10.2. The van der Waals surface area contributed by atoms with Gasteiger partial charge >= 0.3 is 0 Å². The fourth-order valence-corrected chi connectivity index (χ4v) is 4.97. The topological polar surface area (TPSA) is 105 Å². The van der Waals surface area contributed by atoms with Crippen LogP contribution in [0.2, 0.25) is 0 Å². The van der Waals surface area contributed by atoms with Gasteiger partial charge in [0.15, 0.2) is 0 Å². The summed E-state index contributed by atoms with van der Waals surface area (Å²) in [5.41, 5.74) is 1.40. The number of aromatic nitrogens is 2. The van der Waals surface area contributed by atoms with Crippen molar-refractivity contribution in [1.82, 2.24) is 14.3 Å². The number of hydrogen-bond acceptors (Lipinski definition) is 9. The Morgan fingerprint density at radius 3 is 3.00 bits per heavy atom. The Balaban J connectivity index is 1.65. The highest BCUT2D eigenvalue weighted by molar-refractivity contribution is 8.26. The standard InChI is InChI=1S/C22H26N4O5S2/c1-14-4-5-18-24-19(23-6-9-30-10-7-27)16(20(28)25(18)12-14)11-17-21(29)26(22(32)33-17)13-15-3-2-8-31-15/h4-5,11-12,15,23,27H,2-3,6-10,13H2,1H3/b17-11+. The zero-order valence-corrected chi connectivity index (χ0v) is 19.9. The maximum Gasteiger partial charge on any atom is 0.267 e. The summed E-state index contributed by atoms with van der Waals surface area (Å²) < 4.78 is 12.9. The fourth-order valence-electron chi connectivity index (χ4n) is 3.71. The molecule has 2 aliphatic heterocycles. The Labute approximate surface area is 200 Å². The molecule has 0 spiro atoms. The molecule has 1 unspecified atom stereocenters. The van der Waals surface area contributed by atoms with Crippen LogP contribution in [0, 0.1) is 6.92 Å². The first-order valence-corrected chi connectivity index (χ1v) is 12.0. The van der Waals surface area contributed by atoms with Gasteiger partial charge in [-0.25, -0.2) is 4.98 Å². The predicted octanol–water partition coefficient (Wildman–Crippen LogP) is 1.80. The lowest BCUT2D eigenvalue weighted by Crippen LogP contribution is -2.35. The van der Waals surface area contributed by atoms with E-state index in [1.54, 1.807) is 23.2 Å². The van der Waals surface area contributed by atoms with Gasteiger partial charge in [-0.2, -0.15) is 0 Å². The molecule has 0 aliphatic carbocycles. The SMILES string of the molecule is Cc1ccc2nc(NCCOCCO)c(/C=C3/SC(=S)N(CC4CCCO4)C3=O)c(=O)n2c1. The van der Waals surface area contributed by atoms with Crippen molar-refractivity contribution in [3.63, 3.8) is 0 Å². The first-order valence-electron chi connectivity index (χ1n) is 10.8. The summed E-state index contributed by atoms with van der Waals surface area (Å²) in [7, 11) is 0. The first kappa shape index (κ1) is 23.8. The van der Waals surface area contributed by atoms with Crippen LogP contribution < -0.4 is 10.9 Å².